The molecule has 3 aromatic rings. The lowest BCUT2D eigenvalue weighted by Crippen LogP contribution is -2.44. The summed E-state index contributed by atoms with van der Waals surface area (Å²) in [5, 5.41) is 1.64. The van der Waals surface area contributed by atoms with E-state index in [1.165, 1.54) is 0 Å². The van der Waals surface area contributed by atoms with Crippen LogP contribution in [0.1, 0.15) is 18.4 Å². The highest BCUT2D eigenvalue weighted by Crippen LogP contribution is 2.36. The van der Waals surface area contributed by atoms with Crippen molar-refractivity contribution in [1.29, 1.82) is 0 Å². The van der Waals surface area contributed by atoms with Crippen LogP contribution < -0.4 is 9.46 Å². The molecule has 1 aliphatic rings. The highest BCUT2D eigenvalue weighted by Gasteiger charge is 2.36. The normalized spacial score (nSPS) is 16.6. The summed E-state index contributed by atoms with van der Waals surface area (Å²) in [5.74, 6) is 0.785. The number of rotatable bonds is 6. The van der Waals surface area contributed by atoms with Gasteiger partial charge in [-0.15, -0.1) is 0 Å². The molecular formula is C23H25NO4S. The van der Waals surface area contributed by atoms with Crippen molar-refractivity contribution in [3.8, 4) is 5.75 Å². The van der Waals surface area contributed by atoms with E-state index in [9.17, 15) is 8.42 Å². The van der Waals surface area contributed by atoms with Gasteiger partial charge in [-0.05, 0) is 42.0 Å². The minimum Gasteiger partial charge on any atom is -0.497 e. The molecule has 1 heterocycles. The third-order valence-electron chi connectivity index (χ3n) is 5.79. The molecule has 0 atom stereocenters. The summed E-state index contributed by atoms with van der Waals surface area (Å²) in [6.07, 6.45) is 1.52. The maximum atomic E-state index is 13.2. The van der Waals surface area contributed by atoms with E-state index in [0.29, 0.717) is 24.7 Å². The molecule has 0 radical (unpaired) electrons. The van der Waals surface area contributed by atoms with Gasteiger partial charge >= 0.3 is 0 Å². The number of fused-ring (bicyclic) bond motifs is 1. The van der Waals surface area contributed by atoms with Gasteiger partial charge in [-0.3, -0.25) is 0 Å². The number of benzene rings is 3. The van der Waals surface area contributed by atoms with E-state index in [1.807, 2.05) is 54.6 Å². The highest BCUT2D eigenvalue weighted by atomic mass is 32.2. The molecule has 0 spiro atoms. The van der Waals surface area contributed by atoms with Crippen LogP contribution in [0, 0.1) is 0 Å². The highest BCUT2D eigenvalue weighted by molar-refractivity contribution is 7.89. The Kier molecular flexibility index (Phi) is 5.58. The molecule has 5 nitrogen and oxygen atoms in total. The molecule has 0 unspecified atom stereocenters. The second-order valence-electron chi connectivity index (χ2n) is 7.42. The first-order valence-corrected chi connectivity index (χ1v) is 11.2. The van der Waals surface area contributed by atoms with Crippen molar-refractivity contribution in [2.24, 2.45) is 0 Å². The van der Waals surface area contributed by atoms with E-state index in [2.05, 4.69) is 4.72 Å². The molecule has 3 aromatic carbocycles. The van der Waals surface area contributed by atoms with Crippen LogP contribution in [0.4, 0.5) is 0 Å². The van der Waals surface area contributed by atoms with Crippen molar-refractivity contribution in [2.75, 3.05) is 26.9 Å². The van der Waals surface area contributed by atoms with Crippen molar-refractivity contribution in [1.82, 2.24) is 4.72 Å². The van der Waals surface area contributed by atoms with Gasteiger partial charge in [0.05, 0.1) is 12.0 Å². The fraction of sp³-hybridized carbons (Fsp3) is 0.304. The van der Waals surface area contributed by atoms with Gasteiger partial charge in [-0.2, -0.15) is 0 Å². The Morgan fingerprint density at radius 3 is 2.38 bits per heavy atom. The Morgan fingerprint density at radius 1 is 0.966 bits per heavy atom. The number of nitrogens with one attached hydrogen (secondary N) is 1. The summed E-state index contributed by atoms with van der Waals surface area (Å²) < 4.78 is 40.1. The fourth-order valence-corrected chi connectivity index (χ4v) is 5.37. The first-order valence-electron chi connectivity index (χ1n) is 9.74. The van der Waals surface area contributed by atoms with Crippen molar-refractivity contribution in [3.05, 3.63) is 72.3 Å². The second kappa shape index (κ2) is 8.14. The first-order chi connectivity index (χ1) is 14.0. The smallest absolute Gasteiger partial charge is 0.241 e. The molecule has 4 rings (SSSR count). The van der Waals surface area contributed by atoms with Crippen LogP contribution in [0.5, 0.6) is 5.75 Å². The molecule has 0 aliphatic carbocycles. The van der Waals surface area contributed by atoms with E-state index in [0.717, 1.165) is 34.9 Å². The molecule has 1 aliphatic heterocycles. The lowest BCUT2D eigenvalue weighted by molar-refractivity contribution is 0.0517. The third kappa shape index (κ3) is 4.01. The number of sulfonamides is 1. The topological polar surface area (TPSA) is 64.6 Å². The Bertz CT molecular complexity index is 1080. The maximum Gasteiger partial charge on any atom is 0.241 e. The quantitative estimate of drug-likeness (QED) is 0.669. The van der Waals surface area contributed by atoms with E-state index >= 15 is 0 Å². The predicted octanol–water partition coefficient (Wildman–Crippen LogP) is 3.88. The minimum atomic E-state index is -3.66. The summed E-state index contributed by atoms with van der Waals surface area (Å²) in [5.41, 5.74) is 0.796. The minimum absolute atomic E-state index is 0.303. The predicted molar refractivity (Wildman–Crippen MR) is 114 cm³/mol. The zero-order valence-electron chi connectivity index (χ0n) is 16.4. The number of hydrogen-bond acceptors (Lipinski definition) is 4. The van der Waals surface area contributed by atoms with E-state index in [1.54, 1.807) is 19.2 Å². The zero-order chi connectivity index (χ0) is 20.3. The Morgan fingerprint density at radius 2 is 1.66 bits per heavy atom. The van der Waals surface area contributed by atoms with Gasteiger partial charge in [-0.1, -0.05) is 48.5 Å². The number of methoxy groups -OCH3 is 1. The van der Waals surface area contributed by atoms with Gasteiger partial charge in [0.1, 0.15) is 5.75 Å². The van der Waals surface area contributed by atoms with Gasteiger partial charge in [0, 0.05) is 30.6 Å². The third-order valence-corrected chi connectivity index (χ3v) is 7.25. The first kappa shape index (κ1) is 19.9. The van der Waals surface area contributed by atoms with E-state index < -0.39 is 10.0 Å². The van der Waals surface area contributed by atoms with Crippen LogP contribution in [0.2, 0.25) is 0 Å². The van der Waals surface area contributed by atoms with Crippen LogP contribution in [0.15, 0.2) is 71.6 Å². The zero-order valence-corrected chi connectivity index (χ0v) is 17.2. The molecule has 1 N–H and O–H groups in total. The van der Waals surface area contributed by atoms with E-state index in [4.69, 9.17) is 9.47 Å². The summed E-state index contributed by atoms with van der Waals surface area (Å²) in [6, 6.07) is 20.8. The van der Waals surface area contributed by atoms with Crippen molar-refractivity contribution in [3.63, 3.8) is 0 Å². The monoisotopic (exact) mass is 411 g/mol. The van der Waals surface area contributed by atoms with E-state index in [-0.39, 0.29) is 5.41 Å². The SMILES string of the molecule is COc1ccc(C2(CNS(=O)(=O)c3cccc4ccccc34)CCOCC2)cc1. The molecule has 0 saturated carbocycles. The summed E-state index contributed by atoms with van der Waals surface area (Å²) >= 11 is 0. The van der Waals surface area contributed by atoms with Crippen LogP contribution in [0.25, 0.3) is 10.8 Å². The van der Waals surface area contributed by atoms with Gasteiger partial charge in [0.25, 0.3) is 0 Å². The summed E-state index contributed by atoms with van der Waals surface area (Å²) in [4.78, 5) is 0.313. The van der Waals surface area contributed by atoms with Gasteiger partial charge in [0.15, 0.2) is 0 Å². The lowest BCUT2D eigenvalue weighted by atomic mass is 9.74. The number of ether oxygens (including phenoxy) is 2. The average Bonchev–Trinajstić information content (AvgIpc) is 2.78. The molecule has 29 heavy (non-hydrogen) atoms. The Balaban J connectivity index is 1.64. The van der Waals surface area contributed by atoms with Crippen LogP contribution in [0.3, 0.4) is 0 Å². The number of hydrogen-bond donors (Lipinski definition) is 1. The second-order valence-corrected chi connectivity index (χ2v) is 9.16. The molecule has 0 amide bonds. The van der Waals surface area contributed by atoms with Crippen molar-refractivity contribution in [2.45, 2.75) is 23.2 Å². The molecule has 0 bridgehead atoms. The van der Waals surface area contributed by atoms with Gasteiger partial charge in [-0.25, -0.2) is 13.1 Å². The molecule has 1 saturated heterocycles. The summed E-state index contributed by atoms with van der Waals surface area (Å²) in [7, 11) is -2.02. The average molecular weight is 412 g/mol. The van der Waals surface area contributed by atoms with Crippen molar-refractivity contribution >= 4 is 20.8 Å². The molecule has 152 valence electrons. The summed E-state index contributed by atoms with van der Waals surface area (Å²) in [6.45, 7) is 1.55. The van der Waals surface area contributed by atoms with Crippen LogP contribution in [-0.4, -0.2) is 35.3 Å². The van der Waals surface area contributed by atoms with Gasteiger partial charge < -0.3 is 9.47 Å². The van der Waals surface area contributed by atoms with Crippen LogP contribution >= 0.6 is 0 Å². The molecule has 6 heteroatoms. The standard InChI is InChI=1S/C23H25NO4S/c1-27-20-11-9-19(10-12-20)23(13-15-28-16-14-23)17-24-29(25,26)22-8-4-6-18-5-2-3-7-21(18)22/h2-12,24H,13-17H2,1H3. The molecule has 1 fully saturated rings. The fourth-order valence-electron chi connectivity index (χ4n) is 4.02. The Hall–Kier alpha value is -2.41. The van der Waals surface area contributed by atoms with Crippen LogP contribution in [-0.2, 0) is 20.2 Å². The maximum absolute atomic E-state index is 13.2. The Labute approximate surface area is 171 Å². The van der Waals surface area contributed by atoms with Gasteiger partial charge in [0.2, 0.25) is 10.0 Å². The molecule has 0 aromatic heterocycles. The molecular weight excluding hydrogens is 386 g/mol. The largest absolute Gasteiger partial charge is 0.497 e. The lowest BCUT2D eigenvalue weighted by Gasteiger charge is -2.38. The van der Waals surface area contributed by atoms with Crippen molar-refractivity contribution < 1.29 is 17.9 Å².